The summed E-state index contributed by atoms with van der Waals surface area (Å²) in [6.07, 6.45) is 1.41. The predicted octanol–water partition coefficient (Wildman–Crippen LogP) is 0.764. The zero-order valence-electron chi connectivity index (χ0n) is 12.1. The molecule has 22 heavy (non-hydrogen) atoms. The number of rotatable bonds is 5. The van der Waals surface area contributed by atoms with E-state index < -0.39 is 11.9 Å². The molecule has 120 valence electrons. The lowest BCUT2D eigenvalue weighted by Gasteiger charge is -2.18. The highest BCUT2D eigenvalue weighted by Gasteiger charge is 2.28. The topological polar surface area (TPSA) is 105 Å². The Kier molecular flexibility index (Phi) is 7.66. The molecule has 1 aromatic rings. The summed E-state index contributed by atoms with van der Waals surface area (Å²) in [5, 5.41) is 18.9. The maximum Gasteiger partial charge on any atom is 0.328 e. The number of methoxy groups -OCH3 is 1. The van der Waals surface area contributed by atoms with Crippen LogP contribution in [0.25, 0.3) is 0 Å². The van der Waals surface area contributed by atoms with Crippen molar-refractivity contribution in [1.29, 1.82) is 0 Å². The van der Waals surface area contributed by atoms with Crippen molar-refractivity contribution >= 4 is 11.9 Å². The summed E-state index contributed by atoms with van der Waals surface area (Å²) in [6, 6.07) is 9.85. The molecule has 0 saturated carbocycles. The number of hydrogen-bond donors (Lipinski definition) is 3. The fourth-order valence-electron chi connectivity index (χ4n) is 1.80. The fourth-order valence-corrected chi connectivity index (χ4v) is 1.80. The molecule has 3 N–H and O–H groups in total. The molecule has 0 spiro atoms. The first-order valence-electron chi connectivity index (χ1n) is 6.62. The van der Waals surface area contributed by atoms with Gasteiger partial charge < -0.3 is 25.0 Å². The zero-order valence-corrected chi connectivity index (χ0v) is 12.1. The molecule has 2 rings (SSSR count). The highest BCUT2D eigenvalue weighted by molar-refractivity contribution is 5.89. The summed E-state index contributed by atoms with van der Waals surface area (Å²) in [5.41, 5.74) is 0. The molecule has 1 aliphatic rings. The van der Waals surface area contributed by atoms with E-state index in [2.05, 4.69) is 5.32 Å². The molecular formula is C15H19NO6. The van der Waals surface area contributed by atoms with Crippen molar-refractivity contribution < 1.29 is 29.3 Å². The maximum atomic E-state index is 9.55. The third-order valence-corrected chi connectivity index (χ3v) is 2.81. The third-order valence-electron chi connectivity index (χ3n) is 2.81. The summed E-state index contributed by atoms with van der Waals surface area (Å²) < 4.78 is 11.1. The Morgan fingerprint density at radius 1 is 1.09 bits per heavy atom. The Hall–Kier alpha value is -2.38. The van der Waals surface area contributed by atoms with Crippen molar-refractivity contribution in [3.8, 4) is 5.75 Å². The summed E-state index contributed by atoms with van der Waals surface area (Å²) in [4.78, 5) is 19.1. The van der Waals surface area contributed by atoms with Crippen LogP contribution in [0, 0.1) is 0 Å². The highest BCUT2D eigenvalue weighted by atomic mass is 16.5. The van der Waals surface area contributed by atoms with Gasteiger partial charge >= 0.3 is 11.9 Å². The summed E-state index contributed by atoms with van der Waals surface area (Å²) in [5.74, 6) is -1.61. The quantitative estimate of drug-likeness (QED) is 0.690. The smallest absolute Gasteiger partial charge is 0.328 e. The Bertz CT molecular complexity index is 486. The number of ether oxygens (including phenoxy) is 2. The molecular weight excluding hydrogens is 290 g/mol. The second-order valence-corrected chi connectivity index (χ2v) is 4.41. The third kappa shape index (κ3) is 6.87. The van der Waals surface area contributed by atoms with Gasteiger partial charge in [0.2, 0.25) is 0 Å². The molecule has 1 saturated heterocycles. The van der Waals surface area contributed by atoms with Gasteiger partial charge in [-0.25, -0.2) is 9.59 Å². The zero-order chi connectivity index (χ0) is 16.4. The molecule has 7 nitrogen and oxygen atoms in total. The van der Waals surface area contributed by atoms with E-state index in [0.717, 1.165) is 18.8 Å². The first-order chi connectivity index (χ1) is 10.5. The molecule has 7 heteroatoms. The number of carbonyl (C=O) groups is 2. The van der Waals surface area contributed by atoms with Crippen LogP contribution in [0.4, 0.5) is 0 Å². The number of nitrogens with one attached hydrogen (secondary N) is 1. The van der Waals surface area contributed by atoms with Gasteiger partial charge in [0.1, 0.15) is 18.0 Å². The van der Waals surface area contributed by atoms with Crippen molar-refractivity contribution in [2.45, 2.75) is 12.2 Å². The van der Waals surface area contributed by atoms with E-state index in [9.17, 15) is 9.59 Å². The van der Waals surface area contributed by atoms with Crippen molar-refractivity contribution in [2.75, 3.05) is 20.2 Å². The minimum absolute atomic E-state index is 0.127. The Morgan fingerprint density at radius 3 is 2.14 bits per heavy atom. The first kappa shape index (κ1) is 17.7. The van der Waals surface area contributed by atoms with Crippen molar-refractivity contribution in [2.24, 2.45) is 0 Å². The van der Waals surface area contributed by atoms with Crippen LogP contribution in [0.15, 0.2) is 42.5 Å². The number of para-hydroxylation sites is 1. The average molecular weight is 309 g/mol. The normalized spacial score (nSPS) is 20.2. The van der Waals surface area contributed by atoms with Gasteiger partial charge in [-0.15, -0.1) is 0 Å². The van der Waals surface area contributed by atoms with Gasteiger partial charge in [-0.1, -0.05) is 18.2 Å². The second kappa shape index (κ2) is 9.54. The van der Waals surface area contributed by atoms with E-state index in [1.54, 1.807) is 7.11 Å². The van der Waals surface area contributed by atoms with Crippen LogP contribution in [0.5, 0.6) is 5.75 Å². The van der Waals surface area contributed by atoms with Gasteiger partial charge in [0, 0.05) is 32.4 Å². The van der Waals surface area contributed by atoms with Crippen molar-refractivity contribution in [3.05, 3.63) is 42.5 Å². The van der Waals surface area contributed by atoms with Crippen LogP contribution in [0.1, 0.15) is 0 Å². The largest absolute Gasteiger partial charge is 0.486 e. The van der Waals surface area contributed by atoms with Crippen LogP contribution >= 0.6 is 0 Å². The Morgan fingerprint density at radius 2 is 1.64 bits per heavy atom. The standard InChI is InChI=1S/C11H15NO2.C4H4O4/c1-13-10-7-12-8-11(10)14-9-5-3-2-4-6-9;5-3(6)1-2-4(7)8/h2-6,10-12H,7-8H2,1H3;1-2H,(H,5,6)(H,7,8)/b;2-1+/t10-,11-;/m0./s1. The molecule has 0 bridgehead atoms. The van der Waals surface area contributed by atoms with Crippen molar-refractivity contribution in [3.63, 3.8) is 0 Å². The lowest BCUT2D eigenvalue weighted by Crippen LogP contribution is -2.31. The van der Waals surface area contributed by atoms with E-state index in [1.807, 2.05) is 30.3 Å². The Balaban J connectivity index is 0.000000261. The number of aliphatic carboxylic acids is 2. The summed E-state index contributed by atoms with van der Waals surface area (Å²) in [6.45, 7) is 1.72. The lowest BCUT2D eigenvalue weighted by molar-refractivity contribution is -0.134. The van der Waals surface area contributed by atoms with Crippen LogP contribution < -0.4 is 10.1 Å². The second-order valence-electron chi connectivity index (χ2n) is 4.41. The summed E-state index contributed by atoms with van der Waals surface area (Å²) in [7, 11) is 1.72. The average Bonchev–Trinajstić information content (AvgIpc) is 2.94. The number of carboxylic acids is 2. The molecule has 1 aromatic carbocycles. The van der Waals surface area contributed by atoms with E-state index >= 15 is 0 Å². The van der Waals surface area contributed by atoms with Crippen LogP contribution in [-0.2, 0) is 14.3 Å². The molecule has 0 aromatic heterocycles. The number of carboxylic acid groups (broad SMARTS) is 2. The first-order valence-corrected chi connectivity index (χ1v) is 6.62. The fraction of sp³-hybridized carbons (Fsp3) is 0.333. The van der Waals surface area contributed by atoms with Crippen LogP contribution in [0.2, 0.25) is 0 Å². The molecule has 2 atom stereocenters. The molecule has 1 aliphatic heterocycles. The molecule has 0 aliphatic carbocycles. The maximum absolute atomic E-state index is 9.55. The number of hydrogen-bond acceptors (Lipinski definition) is 5. The minimum Gasteiger partial charge on any atom is -0.486 e. The Labute approximate surface area is 128 Å². The van der Waals surface area contributed by atoms with E-state index in [-0.39, 0.29) is 12.2 Å². The predicted molar refractivity (Wildman–Crippen MR) is 78.9 cm³/mol. The minimum atomic E-state index is -1.26. The number of benzene rings is 1. The molecule has 1 heterocycles. The van der Waals surface area contributed by atoms with E-state index in [4.69, 9.17) is 19.7 Å². The van der Waals surface area contributed by atoms with E-state index in [0.29, 0.717) is 12.2 Å². The van der Waals surface area contributed by atoms with Gasteiger partial charge in [0.25, 0.3) is 0 Å². The molecule has 0 radical (unpaired) electrons. The van der Waals surface area contributed by atoms with Gasteiger partial charge in [-0.05, 0) is 12.1 Å². The van der Waals surface area contributed by atoms with Crippen LogP contribution in [0.3, 0.4) is 0 Å². The van der Waals surface area contributed by atoms with Crippen molar-refractivity contribution in [1.82, 2.24) is 5.32 Å². The van der Waals surface area contributed by atoms with Gasteiger partial charge in [0.15, 0.2) is 0 Å². The van der Waals surface area contributed by atoms with Gasteiger partial charge in [-0.3, -0.25) is 0 Å². The SMILES string of the molecule is CO[C@H]1CNC[C@@H]1Oc1ccccc1.O=C(O)/C=C/C(=O)O. The molecule has 0 unspecified atom stereocenters. The molecule has 0 amide bonds. The van der Waals surface area contributed by atoms with Gasteiger partial charge in [0.05, 0.1) is 0 Å². The lowest BCUT2D eigenvalue weighted by atomic mass is 10.2. The molecule has 1 fully saturated rings. The monoisotopic (exact) mass is 309 g/mol. The highest BCUT2D eigenvalue weighted by Crippen LogP contribution is 2.15. The van der Waals surface area contributed by atoms with Crippen LogP contribution in [-0.4, -0.2) is 54.6 Å². The summed E-state index contributed by atoms with van der Waals surface area (Å²) >= 11 is 0. The van der Waals surface area contributed by atoms with Gasteiger partial charge in [-0.2, -0.15) is 0 Å². The van der Waals surface area contributed by atoms with E-state index in [1.165, 1.54) is 0 Å².